The topological polar surface area (TPSA) is 67.4 Å². The van der Waals surface area contributed by atoms with Crippen LogP contribution in [0.2, 0.25) is 0 Å². The largest absolute Gasteiger partial charge is 0.434 e. The van der Waals surface area contributed by atoms with Crippen molar-refractivity contribution in [3.8, 4) is 5.75 Å². The van der Waals surface area contributed by atoms with Gasteiger partial charge in [0.15, 0.2) is 0 Å². The third-order valence-electron chi connectivity index (χ3n) is 3.31. The molecule has 0 heterocycles. The SMILES string of the molecule is O=C(CNC(=O)c1ccccc1OC(F)F)Nc1ccc(Br)c(C(F)(F)F)c1. The normalized spacial score (nSPS) is 11.2. The maximum atomic E-state index is 12.9. The van der Waals surface area contributed by atoms with E-state index in [1.165, 1.54) is 24.3 Å². The van der Waals surface area contributed by atoms with Gasteiger partial charge in [0.2, 0.25) is 5.91 Å². The first-order chi connectivity index (χ1) is 13.1. The molecule has 2 N–H and O–H groups in total. The highest BCUT2D eigenvalue weighted by atomic mass is 79.9. The standard InChI is InChI=1S/C17H12BrF5N2O3/c18-12-6-5-9(7-11(12)17(21,22)23)25-14(26)8-24-15(27)10-3-1-2-4-13(10)28-16(19)20/h1-7,16H,8H2,(H,24,27)(H,25,26). The average Bonchev–Trinajstić information content (AvgIpc) is 2.60. The molecule has 0 saturated carbocycles. The molecule has 0 spiro atoms. The predicted molar refractivity (Wildman–Crippen MR) is 93.2 cm³/mol. The van der Waals surface area contributed by atoms with Gasteiger partial charge in [-0.3, -0.25) is 9.59 Å². The van der Waals surface area contributed by atoms with Gasteiger partial charge in [0.25, 0.3) is 5.91 Å². The molecule has 0 aliphatic rings. The highest BCUT2D eigenvalue weighted by Crippen LogP contribution is 2.36. The molecule has 0 unspecified atom stereocenters. The highest BCUT2D eigenvalue weighted by molar-refractivity contribution is 9.10. The number of rotatable bonds is 6. The summed E-state index contributed by atoms with van der Waals surface area (Å²) in [4.78, 5) is 23.9. The fourth-order valence-corrected chi connectivity index (χ4v) is 2.61. The van der Waals surface area contributed by atoms with E-state index in [0.717, 1.165) is 18.2 Å². The van der Waals surface area contributed by atoms with E-state index in [2.05, 4.69) is 31.3 Å². The van der Waals surface area contributed by atoms with E-state index in [9.17, 15) is 31.5 Å². The fraction of sp³-hybridized carbons (Fsp3) is 0.176. The zero-order chi connectivity index (χ0) is 20.9. The van der Waals surface area contributed by atoms with Gasteiger partial charge in [0, 0.05) is 10.2 Å². The second kappa shape index (κ2) is 9.00. The van der Waals surface area contributed by atoms with Crippen LogP contribution in [0.15, 0.2) is 46.9 Å². The molecule has 0 fully saturated rings. The molecule has 0 aromatic heterocycles. The van der Waals surface area contributed by atoms with Gasteiger partial charge in [-0.15, -0.1) is 0 Å². The molecule has 2 amide bonds. The van der Waals surface area contributed by atoms with Gasteiger partial charge in [-0.25, -0.2) is 0 Å². The van der Waals surface area contributed by atoms with Crippen molar-refractivity contribution < 1.29 is 36.3 Å². The number of alkyl halides is 5. The van der Waals surface area contributed by atoms with E-state index < -0.39 is 36.7 Å². The summed E-state index contributed by atoms with van der Waals surface area (Å²) in [5, 5.41) is 4.39. The lowest BCUT2D eigenvalue weighted by atomic mass is 10.2. The summed E-state index contributed by atoms with van der Waals surface area (Å²) in [5.74, 6) is -2.05. The maximum Gasteiger partial charge on any atom is 0.417 e. The van der Waals surface area contributed by atoms with Gasteiger partial charge in [0.05, 0.1) is 17.7 Å². The Morgan fingerprint density at radius 3 is 2.43 bits per heavy atom. The Bertz CT molecular complexity index is 874. The van der Waals surface area contributed by atoms with Gasteiger partial charge >= 0.3 is 12.8 Å². The summed E-state index contributed by atoms with van der Waals surface area (Å²) in [6, 6.07) is 8.26. The van der Waals surface area contributed by atoms with E-state index in [-0.39, 0.29) is 21.5 Å². The summed E-state index contributed by atoms with van der Waals surface area (Å²) < 4.78 is 67.4. The smallest absolute Gasteiger partial charge is 0.417 e. The molecule has 0 bridgehead atoms. The van der Waals surface area contributed by atoms with Crippen LogP contribution in [0.3, 0.4) is 0 Å². The van der Waals surface area contributed by atoms with Crippen LogP contribution in [0.4, 0.5) is 27.6 Å². The molecule has 2 rings (SSSR count). The molecule has 0 aliphatic carbocycles. The van der Waals surface area contributed by atoms with Crippen molar-refractivity contribution in [2.45, 2.75) is 12.8 Å². The van der Waals surface area contributed by atoms with Crippen molar-refractivity contribution in [1.29, 1.82) is 0 Å². The summed E-state index contributed by atoms with van der Waals surface area (Å²) in [6.45, 7) is -3.74. The van der Waals surface area contributed by atoms with E-state index >= 15 is 0 Å². The van der Waals surface area contributed by atoms with Gasteiger partial charge in [-0.1, -0.05) is 28.1 Å². The third-order valence-corrected chi connectivity index (χ3v) is 4.00. The molecule has 0 radical (unpaired) electrons. The monoisotopic (exact) mass is 466 g/mol. The summed E-state index contributed by atoms with van der Waals surface area (Å²) in [7, 11) is 0. The number of para-hydroxylation sites is 1. The molecule has 28 heavy (non-hydrogen) atoms. The molecule has 2 aromatic carbocycles. The highest BCUT2D eigenvalue weighted by Gasteiger charge is 2.33. The van der Waals surface area contributed by atoms with E-state index in [0.29, 0.717) is 0 Å². The minimum absolute atomic E-state index is 0.129. The number of ether oxygens (including phenoxy) is 1. The summed E-state index contributed by atoms with van der Waals surface area (Å²) in [5.41, 5.74) is -1.33. The van der Waals surface area contributed by atoms with Crippen LogP contribution >= 0.6 is 15.9 Å². The van der Waals surface area contributed by atoms with Crippen molar-refractivity contribution in [2.75, 3.05) is 11.9 Å². The predicted octanol–water partition coefficient (Wildman–Crippen LogP) is 4.44. The van der Waals surface area contributed by atoms with Crippen LogP contribution in [-0.4, -0.2) is 25.0 Å². The van der Waals surface area contributed by atoms with Crippen molar-refractivity contribution in [2.24, 2.45) is 0 Å². The fourth-order valence-electron chi connectivity index (χ4n) is 2.13. The van der Waals surface area contributed by atoms with Crippen LogP contribution in [-0.2, 0) is 11.0 Å². The Hall–Kier alpha value is -2.69. The molecule has 2 aromatic rings. The Balaban J connectivity index is 2.01. The zero-order valence-electron chi connectivity index (χ0n) is 13.8. The van der Waals surface area contributed by atoms with Gasteiger partial charge < -0.3 is 15.4 Å². The second-order valence-electron chi connectivity index (χ2n) is 5.30. The molecule has 0 atom stereocenters. The van der Waals surface area contributed by atoms with E-state index in [1.54, 1.807) is 0 Å². The number of hydrogen-bond acceptors (Lipinski definition) is 3. The van der Waals surface area contributed by atoms with Crippen molar-refractivity contribution in [3.63, 3.8) is 0 Å². The number of halogens is 6. The quantitative estimate of drug-likeness (QED) is 0.618. The first-order valence-electron chi connectivity index (χ1n) is 7.56. The maximum absolute atomic E-state index is 12.9. The number of anilines is 1. The summed E-state index contributed by atoms with van der Waals surface area (Å²) in [6.07, 6.45) is -4.62. The van der Waals surface area contributed by atoms with Crippen LogP contribution in [0.25, 0.3) is 0 Å². The lowest BCUT2D eigenvalue weighted by Crippen LogP contribution is -2.33. The molecule has 150 valence electrons. The number of carbonyl (C=O) groups is 2. The van der Waals surface area contributed by atoms with Crippen LogP contribution in [0.1, 0.15) is 15.9 Å². The van der Waals surface area contributed by atoms with E-state index in [1.807, 2.05) is 0 Å². The number of amides is 2. The van der Waals surface area contributed by atoms with Gasteiger partial charge in [-0.05, 0) is 30.3 Å². The van der Waals surface area contributed by atoms with Crippen molar-refractivity contribution in [1.82, 2.24) is 5.32 Å². The third kappa shape index (κ3) is 5.91. The second-order valence-corrected chi connectivity index (χ2v) is 6.15. The van der Waals surface area contributed by atoms with Crippen molar-refractivity contribution >= 4 is 33.4 Å². The molecule has 11 heteroatoms. The Morgan fingerprint density at radius 1 is 1.11 bits per heavy atom. The minimum Gasteiger partial charge on any atom is -0.434 e. The Morgan fingerprint density at radius 2 is 1.79 bits per heavy atom. The van der Waals surface area contributed by atoms with Gasteiger partial charge in [-0.2, -0.15) is 22.0 Å². The lowest BCUT2D eigenvalue weighted by Gasteiger charge is -2.13. The van der Waals surface area contributed by atoms with Crippen LogP contribution in [0, 0.1) is 0 Å². The Kier molecular flexibility index (Phi) is 6.95. The van der Waals surface area contributed by atoms with Crippen molar-refractivity contribution in [3.05, 3.63) is 58.1 Å². The first-order valence-corrected chi connectivity index (χ1v) is 8.36. The van der Waals surface area contributed by atoms with E-state index in [4.69, 9.17) is 0 Å². The van der Waals surface area contributed by atoms with Gasteiger partial charge in [0.1, 0.15) is 5.75 Å². The molecule has 0 saturated heterocycles. The summed E-state index contributed by atoms with van der Waals surface area (Å²) >= 11 is 2.78. The number of benzene rings is 2. The first kappa shape index (κ1) is 21.6. The molecule has 0 aliphatic heterocycles. The molecular formula is C17H12BrF5N2O3. The Labute approximate surface area is 164 Å². The van der Waals surface area contributed by atoms with Crippen LogP contribution in [0.5, 0.6) is 5.75 Å². The zero-order valence-corrected chi connectivity index (χ0v) is 15.4. The molecule has 5 nitrogen and oxygen atoms in total. The van der Waals surface area contributed by atoms with Crippen LogP contribution < -0.4 is 15.4 Å². The number of hydrogen-bond donors (Lipinski definition) is 2. The lowest BCUT2D eigenvalue weighted by molar-refractivity contribution is -0.138. The number of carbonyl (C=O) groups excluding carboxylic acids is 2. The average molecular weight is 467 g/mol. The molecular weight excluding hydrogens is 455 g/mol. The minimum atomic E-state index is -4.62. The number of nitrogens with one attached hydrogen (secondary N) is 2.